The predicted octanol–water partition coefficient (Wildman–Crippen LogP) is 7.77. The zero-order valence-electron chi connectivity index (χ0n) is 24.7. The molecule has 4 rings (SSSR count). The van der Waals surface area contributed by atoms with Crippen LogP contribution in [0, 0.1) is 0 Å². The summed E-state index contributed by atoms with van der Waals surface area (Å²) >= 11 is 0. The van der Waals surface area contributed by atoms with Gasteiger partial charge in [0, 0.05) is 35.8 Å². The van der Waals surface area contributed by atoms with Gasteiger partial charge in [0.25, 0.3) is 0 Å². The van der Waals surface area contributed by atoms with Gasteiger partial charge in [0.05, 0.1) is 26.1 Å². The molecule has 204 valence electrons. The van der Waals surface area contributed by atoms with Gasteiger partial charge in [-0.2, -0.15) is 5.10 Å². The molecule has 0 spiro atoms. The van der Waals surface area contributed by atoms with E-state index < -0.39 is 0 Å². The van der Waals surface area contributed by atoms with Gasteiger partial charge >= 0.3 is 0 Å². The first-order valence-electron chi connectivity index (χ1n) is 13.0. The molecule has 0 aliphatic carbocycles. The lowest BCUT2D eigenvalue weighted by Gasteiger charge is -2.18. The molecule has 0 saturated carbocycles. The second-order valence-corrected chi connectivity index (χ2v) is 11.4. The zero-order valence-corrected chi connectivity index (χ0v) is 24.7. The highest BCUT2D eigenvalue weighted by Gasteiger charge is 2.15. The van der Waals surface area contributed by atoms with Gasteiger partial charge < -0.3 is 9.47 Å². The second-order valence-electron chi connectivity index (χ2n) is 11.4. The first-order valence-corrected chi connectivity index (χ1v) is 13.0. The van der Waals surface area contributed by atoms with E-state index in [4.69, 9.17) is 9.47 Å². The first kappa shape index (κ1) is 30.6. The summed E-state index contributed by atoms with van der Waals surface area (Å²) in [4.78, 5) is 8.44. The molecule has 0 unspecified atom stereocenters. The van der Waals surface area contributed by atoms with E-state index in [2.05, 4.69) is 94.7 Å². The standard InChI is InChI=1S/C12H14N2.2C10H15NO/c1-10(2)11-5-3-6-12(9-11)14-8-4-7-13-14;1-10(2,3)8-5-9(12-4)7-11-6-8;1-10(2,3)8-6-5-7-9(11-8)12-4/h3-10H,1-2H3;2*5-7H,1-4H3. The molecule has 0 amide bonds. The summed E-state index contributed by atoms with van der Waals surface area (Å²) in [6.07, 6.45) is 7.35. The number of rotatable bonds is 4. The average molecular weight is 517 g/mol. The van der Waals surface area contributed by atoms with E-state index in [0.29, 0.717) is 11.8 Å². The van der Waals surface area contributed by atoms with Crippen molar-refractivity contribution in [1.82, 2.24) is 19.7 Å². The Hall–Kier alpha value is -3.67. The molecule has 6 nitrogen and oxygen atoms in total. The smallest absolute Gasteiger partial charge is 0.213 e. The van der Waals surface area contributed by atoms with E-state index in [1.807, 2.05) is 47.4 Å². The van der Waals surface area contributed by atoms with Crippen molar-refractivity contribution in [3.05, 3.63) is 96.2 Å². The highest BCUT2D eigenvalue weighted by Crippen LogP contribution is 2.24. The maximum atomic E-state index is 5.09. The number of benzene rings is 1. The molecule has 0 bridgehead atoms. The molecule has 0 radical (unpaired) electrons. The Balaban J connectivity index is 0.000000201. The third-order valence-corrected chi connectivity index (χ3v) is 5.82. The van der Waals surface area contributed by atoms with Gasteiger partial charge in [-0.1, -0.05) is 73.6 Å². The number of ether oxygens (including phenoxy) is 2. The molecule has 6 heteroatoms. The molecule has 0 aliphatic heterocycles. The molecule has 0 fully saturated rings. The molecule has 0 aliphatic rings. The van der Waals surface area contributed by atoms with Crippen LogP contribution in [0.3, 0.4) is 0 Å². The van der Waals surface area contributed by atoms with E-state index >= 15 is 0 Å². The van der Waals surface area contributed by atoms with Gasteiger partial charge in [-0.15, -0.1) is 0 Å². The van der Waals surface area contributed by atoms with Crippen LogP contribution in [0.15, 0.2) is 79.4 Å². The number of aromatic nitrogens is 4. The van der Waals surface area contributed by atoms with Crippen molar-refractivity contribution in [2.75, 3.05) is 14.2 Å². The summed E-state index contributed by atoms with van der Waals surface area (Å²) in [5, 5.41) is 4.20. The van der Waals surface area contributed by atoms with Gasteiger partial charge in [-0.05, 0) is 52.8 Å². The SMILES string of the molecule is CC(C)c1cccc(-n2cccn2)c1.COc1cccc(C(C)(C)C)n1.COc1cncc(C(C)(C)C)c1. The molecule has 3 aromatic heterocycles. The van der Waals surface area contributed by atoms with E-state index in [-0.39, 0.29) is 10.8 Å². The summed E-state index contributed by atoms with van der Waals surface area (Å²) in [5.74, 6) is 2.07. The number of methoxy groups -OCH3 is 2. The van der Waals surface area contributed by atoms with Crippen molar-refractivity contribution in [1.29, 1.82) is 0 Å². The molecule has 38 heavy (non-hydrogen) atoms. The highest BCUT2D eigenvalue weighted by molar-refractivity contribution is 5.36. The van der Waals surface area contributed by atoms with Crippen LogP contribution in [0.25, 0.3) is 5.69 Å². The molecule has 0 saturated heterocycles. The number of hydrogen-bond donors (Lipinski definition) is 0. The van der Waals surface area contributed by atoms with Crippen LogP contribution >= 0.6 is 0 Å². The van der Waals surface area contributed by atoms with Crippen LogP contribution in [0.5, 0.6) is 11.6 Å². The topological polar surface area (TPSA) is 62.1 Å². The van der Waals surface area contributed by atoms with Crippen molar-refractivity contribution in [3.63, 3.8) is 0 Å². The molecule has 1 aromatic carbocycles. The van der Waals surface area contributed by atoms with Gasteiger partial charge in [0.2, 0.25) is 5.88 Å². The van der Waals surface area contributed by atoms with Crippen molar-refractivity contribution in [2.24, 2.45) is 0 Å². The molecule has 3 heterocycles. The average Bonchev–Trinajstić information content (AvgIpc) is 3.44. The lowest BCUT2D eigenvalue weighted by Crippen LogP contribution is -2.13. The molecule has 0 atom stereocenters. The fraction of sp³-hybridized carbons (Fsp3) is 0.406. The summed E-state index contributed by atoms with van der Waals surface area (Å²) in [5.41, 5.74) is 4.96. The third-order valence-electron chi connectivity index (χ3n) is 5.82. The predicted molar refractivity (Wildman–Crippen MR) is 157 cm³/mol. The van der Waals surface area contributed by atoms with Crippen LogP contribution in [-0.4, -0.2) is 34.0 Å². The van der Waals surface area contributed by atoms with E-state index in [9.17, 15) is 0 Å². The van der Waals surface area contributed by atoms with Gasteiger partial charge in [-0.3, -0.25) is 4.98 Å². The molecular formula is C32H44N4O2. The minimum Gasteiger partial charge on any atom is -0.495 e. The van der Waals surface area contributed by atoms with Gasteiger partial charge in [-0.25, -0.2) is 9.67 Å². The fourth-order valence-electron chi connectivity index (χ4n) is 3.33. The fourth-order valence-corrected chi connectivity index (χ4v) is 3.33. The van der Waals surface area contributed by atoms with Crippen molar-refractivity contribution in [3.8, 4) is 17.3 Å². The second kappa shape index (κ2) is 13.8. The lowest BCUT2D eigenvalue weighted by molar-refractivity contribution is 0.392. The maximum absolute atomic E-state index is 5.09. The normalized spacial score (nSPS) is 11.1. The van der Waals surface area contributed by atoms with Crippen molar-refractivity contribution < 1.29 is 9.47 Å². The van der Waals surface area contributed by atoms with E-state index in [1.54, 1.807) is 26.6 Å². The van der Waals surface area contributed by atoms with E-state index in [0.717, 1.165) is 17.1 Å². The van der Waals surface area contributed by atoms with Crippen LogP contribution in [0.2, 0.25) is 0 Å². The van der Waals surface area contributed by atoms with Crippen molar-refractivity contribution in [2.45, 2.75) is 72.1 Å². The Kier molecular flexibility index (Phi) is 11.1. The van der Waals surface area contributed by atoms with Crippen LogP contribution < -0.4 is 9.47 Å². The summed E-state index contributed by atoms with van der Waals surface area (Å²) in [7, 11) is 3.29. The number of pyridine rings is 2. The zero-order chi connectivity index (χ0) is 28.3. The Morgan fingerprint density at radius 2 is 1.50 bits per heavy atom. The summed E-state index contributed by atoms with van der Waals surface area (Å²) in [6, 6.07) is 18.3. The minimum atomic E-state index is 0.0918. The van der Waals surface area contributed by atoms with Gasteiger partial charge in [0.15, 0.2) is 0 Å². The molecule has 4 aromatic rings. The molecule has 0 N–H and O–H groups in total. The Labute approximate surface area is 229 Å². The summed E-state index contributed by atoms with van der Waals surface area (Å²) in [6.45, 7) is 17.3. The van der Waals surface area contributed by atoms with Crippen LogP contribution in [-0.2, 0) is 10.8 Å². The lowest BCUT2D eigenvalue weighted by atomic mass is 9.88. The number of hydrogen-bond acceptors (Lipinski definition) is 5. The maximum Gasteiger partial charge on any atom is 0.213 e. The van der Waals surface area contributed by atoms with Crippen LogP contribution in [0.4, 0.5) is 0 Å². The Bertz CT molecular complexity index is 1180. The Morgan fingerprint density at radius 1 is 0.789 bits per heavy atom. The van der Waals surface area contributed by atoms with Crippen LogP contribution in [0.1, 0.15) is 78.1 Å². The van der Waals surface area contributed by atoms with Crippen molar-refractivity contribution >= 4 is 0 Å². The quantitative estimate of drug-likeness (QED) is 0.277. The monoisotopic (exact) mass is 516 g/mol. The minimum absolute atomic E-state index is 0.0918. The third kappa shape index (κ3) is 9.66. The summed E-state index contributed by atoms with van der Waals surface area (Å²) < 4.78 is 12.0. The number of nitrogens with zero attached hydrogens (tertiary/aromatic N) is 4. The largest absolute Gasteiger partial charge is 0.495 e. The Morgan fingerprint density at radius 3 is 2.05 bits per heavy atom. The molecular weight excluding hydrogens is 472 g/mol. The first-order chi connectivity index (χ1) is 17.8. The highest BCUT2D eigenvalue weighted by atomic mass is 16.5. The van der Waals surface area contributed by atoms with Gasteiger partial charge in [0.1, 0.15) is 5.75 Å². The van der Waals surface area contributed by atoms with E-state index in [1.165, 1.54) is 11.1 Å².